The van der Waals surface area contributed by atoms with Gasteiger partial charge in [0.25, 0.3) is 11.6 Å². The number of carbonyl (C=O) groups excluding carboxylic acids is 1. The maximum atomic E-state index is 13.2. The third kappa shape index (κ3) is 3.94. The topological polar surface area (TPSA) is 75.5 Å². The smallest absolute Gasteiger partial charge is 0.285 e. The highest BCUT2D eigenvalue weighted by Gasteiger charge is 2.26. The van der Waals surface area contributed by atoms with Gasteiger partial charge in [0.15, 0.2) is 11.6 Å². The zero-order valence-corrected chi connectivity index (χ0v) is 12.2. The predicted molar refractivity (Wildman–Crippen MR) is 73.1 cm³/mol. The van der Waals surface area contributed by atoms with Gasteiger partial charge in [0, 0.05) is 12.1 Å². The van der Waals surface area contributed by atoms with Crippen LogP contribution in [0.15, 0.2) is 12.1 Å². The van der Waals surface area contributed by atoms with Gasteiger partial charge in [0.05, 0.1) is 11.0 Å². The summed E-state index contributed by atoms with van der Waals surface area (Å²) in [5.41, 5.74) is -1.68. The second-order valence-electron chi connectivity index (χ2n) is 5.43. The molecule has 0 bridgehead atoms. The number of halogens is 2. The van der Waals surface area contributed by atoms with Crippen molar-refractivity contribution >= 4 is 11.6 Å². The minimum Gasteiger partial charge on any atom is -0.350 e. The first-order valence-electron chi connectivity index (χ1n) is 6.15. The molecular weight excluding hydrogens is 284 g/mol. The van der Waals surface area contributed by atoms with Crippen molar-refractivity contribution in [3.8, 4) is 0 Å². The van der Waals surface area contributed by atoms with Crippen LogP contribution in [0, 0.1) is 21.7 Å². The van der Waals surface area contributed by atoms with Crippen LogP contribution in [0.1, 0.15) is 24.2 Å². The fourth-order valence-electron chi connectivity index (χ4n) is 1.42. The molecule has 1 amide bonds. The molecule has 0 saturated carbocycles. The number of nitrogens with zero attached hydrogens (tertiary/aromatic N) is 2. The number of hydrogen-bond donors (Lipinski definition) is 1. The number of hydrogen-bond acceptors (Lipinski definition) is 4. The zero-order valence-electron chi connectivity index (χ0n) is 12.2. The quantitative estimate of drug-likeness (QED) is 0.666. The van der Waals surface area contributed by atoms with Crippen molar-refractivity contribution in [3.63, 3.8) is 0 Å². The molecule has 0 aromatic heterocycles. The summed E-state index contributed by atoms with van der Waals surface area (Å²) in [5, 5.41) is 13.3. The minimum absolute atomic E-state index is 0.189. The van der Waals surface area contributed by atoms with Gasteiger partial charge in [-0.15, -0.1) is 0 Å². The van der Waals surface area contributed by atoms with Crippen LogP contribution in [-0.4, -0.2) is 41.9 Å². The number of nitro benzene ring substituents is 1. The maximum Gasteiger partial charge on any atom is 0.285 e. The van der Waals surface area contributed by atoms with Crippen molar-refractivity contribution in [1.29, 1.82) is 0 Å². The first-order valence-corrected chi connectivity index (χ1v) is 6.15. The molecule has 0 atom stereocenters. The van der Waals surface area contributed by atoms with Crippen LogP contribution in [-0.2, 0) is 0 Å². The number of benzene rings is 1. The first kappa shape index (κ1) is 17.0. The number of nitro groups is 1. The van der Waals surface area contributed by atoms with Gasteiger partial charge in [0.2, 0.25) is 0 Å². The Morgan fingerprint density at radius 1 is 1.33 bits per heavy atom. The SMILES string of the molecule is CN(C)C(C)(C)CNC(=O)c1cc(F)c(F)cc1[N+](=O)[O-]. The average molecular weight is 301 g/mol. The lowest BCUT2D eigenvalue weighted by atomic mass is 10.0. The standard InChI is InChI=1S/C13H17F2N3O3/c1-13(2,17(3)4)7-16-12(19)8-5-9(14)10(15)6-11(8)18(20)21/h5-6H,7H2,1-4H3,(H,16,19). The van der Waals surface area contributed by atoms with E-state index >= 15 is 0 Å². The molecule has 0 aliphatic carbocycles. The molecule has 1 rings (SSSR count). The Labute approximate surface area is 120 Å². The van der Waals surface area contributed by atoms with Crippen LogP contribution in [0.4, 0.5) is 14.5 Å². The van der Waals surface area contributed by atoms with E-state index in [0.29, 0.717) is 12.1 Å². The molecule has 0 unspecified atom stereocenters. The Hall–Kier alpha value is -2.09. The van der Waals surface area contributed by atoms with Crippen molar-refractivity contribution in [2.75, 3.05) is 20.6 Å². The summed E-state index contributed by atoms with van der Waals surface area (Å²) in [6, 6.07) is 0.937. The number of amides is 1. The second-order valence-corrected chi connectivity index (χ2v) is 5.43. The molecule has 0 radical (unpaired) electrons. The van der Waals surface area contributed by atoms with Gasteiger partial charge in [-0.05, 0) is 34.0 Å². The molecule has 0 aliphatic heterocycles. The molecule has 1 aromatic rings. The van der Waals surface area contributed by atoms with E-state index in [9.17, 15) is 23.7 Å². The largest absolute Gasteiger partial charge is 0.350 e. The third-order valence-corrected chi connectivity index (χ3v) is 3.37. The molecule has 8 heteroatoms. The van der Waals surface area contributed by atoms with Crippen molar-refractivity contribution < 1.29 is 18.5 Å². The molecule has 0 fully saturated rings. The highest BCUT2D eigenvalue weighted by molar-refractivity contribution is 5.98. The van der Waals surface area contributed by atoms with Crippen LogP contribution in [0.3, 0.4) is 0 Å². The maximum absolute atomic E-state index is 13.2. The summed E-state index contributed by atoms with van der Waals surface area (Å²) in [7, 11) is 3.62. The number of likely N-dealkylation sites (N-methyl/N-ethyl adjacent to an activating group) is 1. The van der Waals surface area contributed by atoms with Gasteiger partial charge in [0.1, 0.15) is 5.56 Å². The van der Waals surface area contributed by atoms with E-state index in [1.165, 1.54) is 0 Å². The van der Waals surface area contributed by atoms with Gasteiger partial charge >= 0.3 is 0 Å². The van der Waals surface area contributed by atoms with Crippen LogP contribution < -0.4 is 5.32 Å². The fraction of sp³-hybridized carbons (Fsp3) is 0.462. The minimum atomic E-state index is -1.37. The van der Waals surface area contributed by atoms with Crippen molar-refractivity contribution in [3.05, 3.63) is 39.4 Å². The van der Waals surface area contributed by atoms with E-state index in [0.717, 1.165) is 0 Å². The fourth-order valence-corrected chi connectivity index (χ4v) is 1.42. The predicted octanol–water partition coefficient (Wildman–Crippen LogP) is 1.94. The second kappa shape index (κ2) is 6.13. The Kier molecular flexibility index (Phi) is 4.95. The summed E-state index contributed by atoms with van der Waals surface area (Å²) < 4.78 is 26.2. The van der Waals surface area contributed by atoms with Crippen LogP contribution in [0.2, 0.25) is 0 Å². The number of nitrogens with one attached hydrogen (secondary N) is 1. The summed E-state index contributed by atoms with van der Waals surface area (Å²) in [6.07, 6.45) is 0. The lowest BCUT2D eigenvalue weighted by Crippen LogP contribution is -2.48. The van der Waals surface area contributed by atoms with Crippen molar-refractivity contribution in [2.45, 2.75) is 19.4 Å². The van der Waals surface area contributed by atoms with E-state index in [-0.39, 0.29) is 6.54 Å². The molecule has 0 spiro atoms. The highest BCUT2D eigenvalue weighted by Crippen LogP contribution is 2.22. The summed E-state index contributed by atoms with van der Waals surface area (Å²) in [5.74, 6) is -3.50. The first-order chi connectivity index (χ1) is 9.56. The van der Waals surface area contributed by atoms with Crippen molar-refractivity contribution in [1.82, 2.24) is 10.2 Å². The Morgan fingerprint density at radius 3 is 2.33 bits per heavy atom. The van der Waals surface area contributed by atoms with E-state index in [1.807, 2.05) is 32.8 Å². The van der Waals surface area contributed by atoms with Gasteiger partial charge in [-0.25, -0.2) is 8.78 Å². The van der Waals surface area contributed by atoms with Gasteiger partial charge < -0.3 is 10.2 Å². The van der Waals surface area contributed by atoms with Gasteiger partial charge in [-0.3, -0.25) is 14.9 Å². The van der Waals surface area contributed by atoms with Crippen LogP contribution >= 0.6 is 0 Å². The molecule has 1 aromatic carbocycles. The Balaban J connectivity index is 3.03. The molecule has 0 heterocycles. The normalized spacial score (nSPS) is 11.6. The number of rotatable bonds is 5. The average Bonchev–Trinajstić information content (AvgIpc) is 2.38. The molecule has 1 N–H and O–H groups in total. The molecule has 116 valence electrons. The summed E-state index contributed by atoms with van der Waals surface area (Å²) in [6.45, 7) is 3.90. The van der Waals surface area contributed by atoms with Crippen LogP contribution in [0.25, 0.3) is 0 Å². The molecule has 0 aliphatic rings. The third-order valence-electron chi connectivity index (χ3n) is 3.37. The van der Waals surface area contributed by atoms with E-state index in [4.69, 9.17) is 0 Å². The lowest BCUT2D eigenvalue weighted by molar-refractivity contribution is -0.385. The molecule has 21 heavy (non-hydrogen) atoms. The monoisotopic (exact) mass is 301 g/mol. The highest BCUT2D eigenvalue weighted by atomic mass is 19.2. The molecular formula is C13H17F2N3O3. The Bertz CT molecular complexity index is 574. The van der Waals surface area contributed by atoms with E-state index in [1.54, 1.807) is 0 Å². The van der Waals surface area contributed by atoms with Crippen LogP contribution in [0.5, 0.6) is 0 Å². The lowest BCUT2D eigenvalue weighted by Gasteiger charge is -2.32. The van der Waals surface area contributed by atoms with Gasteiger partial charge in [-0.2, -0.15) is 0 Å². The molecule has 6 nitrogen and oxygen atoms in total. The summed E-state index contributed by atoms with van der Waals surface area (Å²) >= 11 is 0. The molecule has 0 saturated heterocycles. The van der Waals surface area contributed by atoms with Crippen molar-refractivity contribution in [2.24, 2.45) is 0 Å². The van der Waals surface area contributed by atoms with Gasteiger partial charge in [-0.1, -0.05) is 0 Å². The zero-order chi connectivity index (χ0) is 16.4. The van der Waals surface area contributed by atoms with E-state index in [2.05, 4.69) is 5.32 Å². The number of carbonyl (C=O) groups is 1. The summed E-state index contributed by atoms with van der Waals surface area (Å²) in [4.78, 5) is 23.7. The van der Waals surface area contributed by atoms with E-state index < -0.39 is 39.3 Å². The Morgan fingerprint density at radius 2 is 1.86 bits per heavy atom.